The number of benzene rings is 1. The summed E-state index contributed by atoms with van der Waals surface area (Å²) in [6.45, 7) is 0. The van der Waals surface area contributed by atoms with Gasteiger partial charge in [0.1, 0.15) is 0 Å². The highest BCUT2D eigenvalue weighted by Crippen LogP contribution is 2.32. The molecule has 0 spiro atoms. The summed E-state index contributed by atoms with van der Waals surface area (Å²) in [5.41, 5.74) is 0.0676. The molecule has 1 aromatic rings. The lowest BCUT2D eigenvalue weighted by Gasteiger charge is -2.18. The Bertz CT molecular complexity index is 442. The number of hydrogen-bond donors (Lipinski definition) is 2. The highest BCUT2D eigenvalue weighted by molar-refractivity contribution is 5.73. The zero-order valence-electron chi connectivity index (χ0n) is 9.36. The lowest BCUT2D eigenvalue weighted by molar-refractivity contribution is -0.195. The summed E-state index contributed by atoms with van der Waals surface area (Å²) in [6, 6.07) is 3.21. The van der Waals surface area contributed by atoms with Crippen LogP contribution in [0.15, 0.2) is 18.2 Å². The van der Waals surface area contributed by atoms with Crippen LogP contribution in [0.1, 0.15) is 5.56 Å². The molecule has 18 heavy (non-hydrogen) atoms. The normalized spacial score (nSPS) is 13.1. The molecule has 4 nitrogen and oxygen atoms in total. The van der Waals surface area contributed by atoms with Crippen LogP contribution in [0.2, 0.25) is 0 Å². The summed E-state index contributed by atoms with van der Waals surface area (Å²) in [6.07, 6.45) is -5.40. The molecule has 0 radical (unpaired) electrons. The number of esters is 1. The predicted molar refractivity (Wildman–Crippen MR) is 55.0 cm³/mol. The molecule has 100 valence electrons. The maximum atomic E-state index is 12.6. The van der Waals surface area contributed by atoms with E-state index in [-0.39, 0.29) is 5.56 Å². The fraction of sp³-hybridized carbons (Fsp3) is 0.364. The zero-order valence-corrected chi connectivity index (χ0v) is 9.36. The summed E-state index contributed by atoms with van der Waals surface area (Å²) in [5, 5.41) is 18.2. The highest BCUT2D eigenvalue weighted by atomic mass is 19.4. The zero-order chi connectivity index (χ0) is 13.9. The second-order valence-corrected chi connectivity index (χ2v) is 3.64. The Morgan fingerprint density at radius 1 is 1.33 bits per heavy atom. The Morgan fingerprint density at radius 3 is 2.39 bits per heavy atom. The summed E-state index contributed by atoms with van der Waals surface area (Å²) >= 11 is 0. The minimum atomic E-state index is -4.74. The van der Waals surface area contributed by atoms with E-state index in [1.807, 2.05) is 0 Å². The number of halogens is 3. The minimum Gasteiger partial charge on any atom is -0.504 e. The molecule has 1 aromatic carbocycles. The first-order valence-electron chi connectivity index (χ1n) is 4.91. The largest absolute Gasteiger partial charge is 0.504 e. The summed E-state index contributed by atoms with van der Waals surface area (Å²) in [5.74, 6) is -4.68. The van der Waals surface area contributed by atoms with Crippen LogP contribution in [0.25, 0.3) is 0 Å². The smallest absolute Gasteiger partial charge is 0.402 e. The van der Waals surface area contributed by atoms with E-state index in [9.17, 15) is 18.0 Å². The van der Waals surface area contributed by atoms with Gasteiger partial charge >= 0.3 is 12.1 Å². The van der Waals surface area contributed by atoms with Crippen molar-refractivity contribution in [3.8, 4) is 11.5 Å². The van der Waals surface area contributed by atoms with Crippen LogP contribution in [0, 0.1) is 5.92 Å². The molecule has 0 amide bonds. The molecule has 0 aliphatic carbocycles. The van der Waals surface area contributed by atoms with Gasteiger partial charge in [-0.2, -0.15) is 13.2 Å². The molecule has 1 unspecified atom stereocenters. The fourth-order valence-corrected chi connectivity index (χ4v) is 1.41. The van der Waals surface area contributed by atoms with Crippen LogP contribution in [-0.4, -0.2) is 29.5 Å². The molecule has 0 aromatic heterocycles. The van der Waals surface area contributed by atoms with E-state index in [4.69, 9.17) is 10.2 Å². The van der Waals surface area contributed by atoms with Crippen molar-refractivity contribution in [1.82, 2.24) is 0 Å². The van der Waals surface area contributed by atoms with Crippen molar-refractivity contribution in [3.63, 3.8) is 0 Å². The van der Waals surface area contributed by atoms with Gasteiger partial charge in [0.2, 0.25) is 0 Å². The monoisotopic (exact) mass is 264 g/mol. The van der Waals surface area contributed by atoms with Gasteiger partial charge in [-0.1, -0.05) is 6.07 Å². The Kier molecular flexibility index (Phi) is 4.05. The average molecular weight is 264 g/mol. The second kappa shape index (κ2) is 5.16. The van der Waals surface area contributed by atoms with Crippen LogP contribution >= 0.6 is 0 Å². The van der Waals surface area contributed by atoms with Crippen molar-refractivity contribution in [1.29, 1.82) is 0 Å². The van der Waals surface area contributed by atoms with Gasteiger partial charge in [-0.3, -0.25) is 4.79 Å². The number of hydrogen-bond acceptors (Lipinski definition) is 4. The Balaban J connectivity index is 2.96. The van der Waals surface area contributed by atoms with E-state index in [0.717, 1.165) is 19.2 Å². The molecule has 0 saturated carbocycles. The van der Waals surface area contributed by atoms with Crippen molar-refractivity contribution >= 4 is 5.97 Å². The summed E-state index contributed by atoms with van der Waals surface area (Å²) in [4.78, 5) is 11.1. The van der Waals surface area contributed by atoms with Gasteiger partial charge in [-0.15, -0.1) is 0 Å². The molecule has 0 fully saturated rings. The number of methoxy groups -OCH3 is 1. The third-order valence-electron chi connectivity index (χ3n) is 2.36. The maximum absolute atomic E-state index is 12.6. The van der Waals surface area contributed by atoms with Gasteiger partial charge in [-0.05, 0) is 24.1 Å². The summed E-state index contributed by atoms with van der Waals surface area (Å²) < 4.78 is 41.9. The van der Waals surface area contributed by atoms with E-state index < -0.39 is 36.0 Å². The average Bonchev–Trinajstić information content (AvgIpc) is 2.28. The van der Waals surface area contributed by atoms with Gasteiger partial charge in [0, 0.05) is 0 Å². The highest BCUT2D eigenvalue weighted by Gasteiger charge is 2.45. The topological polar surface area (TPSA) is 66.8 Å². The lowest BCUT2D eigenvalue weighted by Crippen LogP contribution is -2.33. The standard InChI is InChI=1S/C11H11F3O4/c1-18-10(17)7(11(12,13)14)4-6-2-3-8(15)9(16)5-6/h2-3,5,7,15-16H,4H2,1H3. The van der Waals surface area contributed by atoms with E-state index in [1.165, 1.54) is 6.07 Å². The van der Waals surface area contributed by atoms with E-state index in [0.29, 0.717) is 0 Å². The number of carbonyl (C=O) groups is 1. The van der Waals surface area contributed by atoms with Crippen LogP contribution in [-0.2, 0) is 16.0 Å². The molecule has 1 atom stereocenters. The number of rotatable bonds is 3. The minimum absolute atomic E-state index is 0.0676. The first-order valence-corrected chi connectivity index (χ1v) is 4.91. The fourth-order valence-electron chi connectivity index (χ4n) is 1.41. The molecule has 0 bridgehead atoms. The first kappa shape index (κ1) is 14.1. The number of phenols is 2. The SMILES string of the molecule is COC(=O)C(Cc1ccc(O)c(O)c1)C(F)(F)F. The van der Waals surface area contributed by atoms with Gasteiger partial charge in [0.05, 0.1) is 7.11 Å². The molecule has 0 aliphatic heterocycles. The van der Waals surface area contributed by atoms with Gasteiger partial charge in [0.15, 0.2) is 17.4 Å². The number of phenolic OH excluding ortho intramolecular Hbond substituents is 2. The number of aromatic hydroxyl groups is 2. The van der Waals surface area contributed by atoms with E-state index in [2.05, 4.69) is 4.74 Å². The van der Waals surface area contributed by atoms with E-state index >= 15 is 0 Å². The third-order valence-corrected chi connectivity index (χ3v) is 2.36. The van der Waals surface area contributed by atoms with Crippen molar-refractivity contribution in [2.24, 2.45) is 5.92 Å². The number of ether oxygens (including phenoxy) is 1. The summed E-state index contributed by atoms with van der Waals surface area (Å²) in [7, 11) is 0.870. The molecule has 0 heterocycles. The van der Waals surface area contributed by atoms with E-state index in [1.54, 1.807) is 0 Å². The maximum Gasteiger partial charge on any atom is 0.402 e. The number of carbonyl (C=O) groups excluding carboxylic acids is 1. The van der Waals surface area contributed by atoms with Crippen molar-refractivity contribution in [3.05, 3.63) is 23.8 Å². The van der Waals surface area contributed by atoms with Crippen molar-refractivity contribution < 1.29 is 32.9 Å². The lowest BCUT2D eigenvalue weighted by atomic mass is 9.98. The molecule has 2 N–H and O–H groups in total. The molecule has 0 saturated heterocycles. The van der Waals surface area contributed by atoms with Gasteiger partial charge in [0.25, 0.3) is 0 Å². The van der Waals surface area contributed by atoms with Gasteiger partial charge < -0.3 is 14.9 Å². The molecular weight excluding hydrogens is 253 g/mol. The Hall–Kier alpha value is -1.92. The Labute approximate surface area is 101 Å². The molecule has 7 heteroatoms. The van der Waals surface area contributed by atoms with Crippen LogP contribution in [0.3, 0.4) is 0 Å². The van der Waals surface area contributed by atoms with Crippen LogP contribution < -0.4 is 0 Å². The molecule has 0 aliphatic rings. The van der Waals surface area contributed by atoms with Crippen LogP contribution in [0.4, 0.5) is 13.2 Å². The van der Waals surface area contributed by atoms with Crippen molar-refractivity contribution in [2.75, 3.05) is 7.11 Å². The van der Waals surface area contributed by atoms with Crippen molar-refractivity contribution in [2.45, 2.75) is 12.6 Å². The molecular formula is C11H11F3O4. The van der Waals surface area contributed by atoms with Crippen LogP contribution in [0.5, 0.6) is 11.5 Å². The third kappa shape index (κ3) is 3.28. The first-order chi connectivity index (χ1) is 8.25. The quantitative estimate of drug-likeness (QED) is 0.647. The van der Waals surface area contributed by atoms with Gasteiger partial charge in [-0.25, -0.2) is 0 Å². The second-order valence-electron chi connectivity index (χ2n) is 3.64. The Morgan fingerprint density at radius 2 is 1.94 bits per heavy atom. The number of alkyl halides is 3. The predicted octanol–water partition coefficient (Wildman–Crippen LogP) is 1.99. The molecule has 1 rings (SSSR count).